The number of aromatic hydroxyl groups is 1. The summed E-state index contributed by atoms with van der Waals surface area (Å²) in [4.78, 5) is 13.0. The Bertz CT molecular complexity index is 2380. The Kier molecular flexibility index (Phi) is 11.0. The van der Waals surface area contributed by atoms with Crippen LogP contribution in [0.1, 0.15) is 48.8 Å². The lowest BCUT2D eigenvalue weighted by atomic mass is 10.0. The normalized spacial score (nSPS) is 12.1. The average Bonchev–Trinajstić information content (AvgIpc) is 3.05. The maximum Gasteiger partial charge on any atom is 0.299 e. The molecular formula is C35H39N7O7S2. The monoisotopic (exact) mass is 733 g/mol. The van der Waals surface area contributed by atoms with Gasteiger partial charge in [-0.2, -0.15) is 31.8 Å². The molecule has 1 heterocycles. The maximum absolute atomic E-state index is 13.1. The minimum absolute atomic E-state index is 0.0108. The molecule has 0 aliphatic carbocycles. The molecule has 1 aromatic heterocycles. The molecule has 0 atom stereocenters. The summed E-state index contributed by atoms with van der Waals surface area (Å²) in [5.41, 5.74) is 4.18. The van der Waals surface area contributed by atoms with Gasteiger partial charge in [0, 0.05) is 11.1 Å². The number of rotatable bonds is 13. The Morgan fingerprint density at radius 3 is 2.02 bits per heavy atom. The lowest BCUT2D eigenvalue weighted by Gasteiger charge is -2.16. The van der Waals surface area contributed by atoms with Crippen molar-refractivity contribution in [2.45, 2.75) is 64.7 Å². The summed E-state index contributed by atoms with van der Waals surface area (Å²) < 4.78 is 62.2. The highest BCUT2D eigenvalue weighted by atomic mass is 32.2. The van der Waals surface area contributed by atoms with Crippen molar-refractivity contribution >= 4 is 65.7 Å². The third-order valence-electron chi connectivity index (χ3n) is 7.73. The number of hydrogen-bond donors (Lipinski definition) is 3. The number of phenolic OH excluding ortho intramolecular Hbond substituents is 1. The van der Waals surface area contributed by atoms with Gasteiger partial charge in [-0.3, -0.25) is 8.37 Å². The van der Waals surface area contributed by atoms with Crippen LogP contribution in [-0.4, -0.2) is 50.1 Å². The highest BCUT2D eigenvalue weighted by molar-refractivity contribution is 7.87. The van der Waals surface area contributed by atoms with Gasteiger partial charge in [-0.1, -0.05) is 25.1 Å². The molecule has 0 radical (unpaired) electrons. The van der Waals surface area contributed by atoms with E-state index in [1.165, 1.54) is 24.3 Å². The van der Waals surface area contributed by atoms with Crippen LogP contribution in [0.4, 0.5) is 34.6 Å². The predicted molar refractivity (Wildman–Crippen MR) is 195 cm³/mol. The molecule has 0 saturated heterocycles. The van der Waals surface area contributed by atoms with Crippen molar-refractivity contribution in [3.05, 3.63) is 82.7 Å². The second-order valence-corrected chi connectivity index (χ2v) is 14.8. The van der Waals surface area contributed by atoms with Crippen molar-refractivity contribution in [3.8, 4) is 5.75 Å². The first-order chi connectivity index (χ1) is 24.1. The Morgan fingerprint density at radius 1 is 0.725 bits per heavy atom. The molecule has 0 aliphatic rings. The molecule has 0 aliphatic heterocycles. The largest absolute Gasteiger partial charge is 0.505 e. The number of nitrogens with one attached hydrogen (secondary N) is 2. The lowest BCUT2D eigenvalue weighted by Crippen LogP contribution is -2.09. The van der Waals surface area contributed by atoms with Gasteiger partial charge in [0.1, 0.15) is 22.1 Å². The summed E-state index contributed by atoms with van der Waals surface area (Å²) >= 11 is 0. The number of aryl methyl sites for hydroxylation is 5. The van der Waals surface area contributed by atoms with Crippen molar-refractivity contribution in [3.63, 3.8) is 0 Å². The molecule has 4 aromatic carbocycles. The molecule has 0 spiro atoms. The molecule has 0 amide bonds. The van der Waals surface area contributed by atoms with Crippen LogP contribution in [0.5, 0.6) is 5.75 Å². The third-order valence-corrected chi connectivity index (χ3v) is 10.5. The number of hydrogen-bond acceptors (Lipinski definition) is 14. The van der Waals surface area contributed by atoms with Crippen molar-refractivity contribution < 1.29 is 30.3 Å². The average molecular weight is 734 g/mol. The topological polar surface area (TPSA) is 194 Å². The van der Waals surface area contributed by atoms with Crippen LogP contribution in [0.15, 0.2) is 74.6 Å². The fraction of sp³-hybridized carbons (Fsp3) is 0.286. The van der Waals surface area contributed by atoms with Crippen LogP contribution < -0.4 is 10.6 Å². The summed E-state index contributed by atoms with van der Waals surface area (Å²) in [6.07, 6.45) is 0.362. The van der Waals surface area contributed by atoms with Gasteiger partial charge in [0.15, 0.2) is 5.75 Å². The maximum atomic E-state index is 13.1. The zero-order chi connectivity index (χ0) is 37.1. The predicted octanol–water partition coefficient (Wildman–Crippen LogP) is 7.88. The standard InChI is InChI=1S/C35H39N7O7S2/c1-8-24-17-25-18-26(50(44,45)48-9-2)19-29(39-35-37-23(7)36-34(40-35)38-28-15-20(4)11-13-22(28)6)31(25)33(43)32(24)42-41-27-14-12-21(5)16-30(27)51(46,47)49-10-3/h11-19,43H,8-10H2,1-7H3,(H2,36,37,38,39,40). The van der Waals surface area contributed by atoms with Crippen LogP contribution in [0.3, 0.4) is 0 Å². The van der Waals surface area contributed by atoms with Crippen molar-refractivity contribution in [2.75, 3.05) is 23.8 Å². The van der Waals surface area contributed by atoms with Crippen LogP contribution in [-0.2, 0) is 35.0 Å². The first-order valence-electron chi connectivity index (χ1n) is 16.1. The zero-order valence-corrected chi connectivity index (χ0v) is 30.9. The van der Waals surface area contributed by atoms with Gasteiger partial charge in [0.25, 0.3) is 20.2 Å². The molecule has 0 fully saturated rings. The summed E-state index contributed by atoms with van der Waals surface area (Å²) in [5, 5.41) is 27.2. The first-order valence-corrected chi connectivity index (χ1v) is 18.9. The van der Waals surface area contributed by atoms with E-state index in [9.17, 15) is 21.9 Å². The fourth-order valence-electron chi connectivity index (χ4n) is 5.32. The highest BCUT2D eigenvalue weighted by Crippen LogP contribution is 2.45. The number of azo groups is 1. The van der Waals surface area contributed by atoms with E-state index in [1.54, 1.807) is 39.8 Å². The molecule has 16 heteroatoms. The second kappa shape index (κ2) is 15.1. The highest BCUT2D eigenvalue weighted by Gasteiger charge is 2.24. The van der Waals surface area contributed by atoms with Crippen molar-refractivity contribution in [2.24, 2.45) is 10.2 Å². The SMILES string of the molecule is CCOS(=O)(=O)c1cc(Nc2nc(C)nc(Nc3cc(C)ccc3C)n2)c2c(O)c(N=Nc3ccc(C)cc3S(=O)(=O)OCC)c(CC)cc2c1. The second-order valence-electron chi connectivity index (χ2n) is 11.6. The smallest absolute Gasteiger partial charge is 0.299 e. The van der Waals surface area contributed by atoms with Crippen LogP contribution in [0, 0.1) is 27.7 Å². The molecule has 0 unspecified atom stereocenters. The summed E-state index contributed by atoms with van der Waals surface area (Å²) in [6.45, 7) is 12.1. The lowest BCUT2D eigenvalue weighted by molar-refractivity contribution is 0.337. The molecular weight excluding hydrogens is 695 g/mol. The molecule has 0 saturated carbocycles. The van der Waals surface area contributed by atoms with E-state index in [0.717, 1.165) is 16.8 Å². The third kappa shape index (κ3) is 8.31. The quantitative estimate of drug-likeness (QED) is 0.0784. The van der Waals surface area contributed by atoms with Gasteiger partial charge in [0.2, 0.25) is 11.9 Å². The van der Waals surface area contributed by atoms with Crippen LogP contribution >= 0.6 is 0 Å². The number of fused-ring (bicyclic) bond motifs is 1. The van der Waals surface area contributed by atoms with Gasteiger partial charge in [0.05, 0.1) is 23.8 Å². The summed E-state index contributed by atoms with van der Waals surface area (Å²) in [5.74, 6) is 0.335. The van der Waals surface area contributed by atoms with E-state index in [0.29, 0.717) is 28.8 Å². The van der Waals surface area contributed by atoms with Crippen molar-refractivity contribution in [1.29, 1.82) is 0 Å². The van der Waals surface area contributed by atoms with Gasteiger partial charge < -0.3 is 15.7 Å². The molecule has 3 N–H and O–H groups in total. The van der Waals surface area contributed by atoms with E-state index >= 15 is 0 Å². The number of nitrogens with zero attached hydrogens (tertiary/aromatic N) is 5. The van der Waals surface area contributed by atoms with Gasteiger partial charge >= 0.3 is 0 Å². The first kappa shape index (κ1) is 37.2. The minimum atomic E-state index is -4.20. The zero-order valence-electron chi connectivity index (χ0n) is 29.3. The molecule has 0 bridgehead atoms. The number of benzene rings is 4. The van der Waals surface area contributed by atoms with E-state index < -0.39 is 20.2 Å². The van der Waals surface area contributed by atoms with E-state index in [-0.39, 0.29) is 63.1 Å². The number of anilines is 4. The van der Waals surface area contributed by atoms with E-state index in [4.69, 9.17) is 8.37 Å². The Labute approximate surface area is 297 Å². The number of aromatic nitrogens is 3. The minimum Gasteiger partial charge on any atom is -0.505 e. The molecule has 5 rings (SSSR count). The van der Waals surface area contributed by atoms with E-state index in [1.807, 2.05) is 39.0 Å². The van der Waals surface area contributed by atoms with Gasteiger partial charge in [-0.25, -0.2) is 0 Å². The molecule has 5 aromatic rings. The fourth-order valence-corrected chi connectivity index (χ4v) is 7.43. The summed E-state index contributed by atoms with van der Waals surface area (Å²) in [6, 6.07) is 14.9. The number of phenols is 1. The van der Waals surface area contributed by atoms with Gasteiger partial charge in [-0.05, 0) is 112 Å². The molecule has 268 valence electrons. The van der Waals surface area contributed by atoms with Crippen molar-refractivity contribution in [1.82, 2.24) is 15.0 Å². The molecule has 51 heavy (non-hydrogen) atoms. The molecule has 14 nitrogen and oxygen atoms in total. The van der Waals surface area contributed by atoms with E-state index in [2.05, 4.69) is 35.8 Å². The Balaban J connectivity index is 1.68. The Hall–Kier alpha value is -5.03. The van der Waals surface area contributed by atoms with Gasteiger partial charge in [-0.15, -0.1) is 10.2 Å². The van der Waals surface area contributed by atoms with Crippen LogP contribution in [0.2, 0.25) is 0 Å². The summed E-state index contributed by atoms with van der Waals surface area (Å²) in [7, 11) is -8.34. The Morgan fingerprint density at radius 2 is 1.35 bits per heavy atom. The van der Waals surface area contributed by atoms with Crippen LogP contribution in [0.25, 0.3) is 10.8 Å².